The number of carbonyl (C=O) groups excluding carboxylic acids is 1. The van der Waals surface area contributed by atoms with Gasteiger partial charge < -0.3 is 10.4 Å². The molecule has 21 heavy (non-hydrogen) atoms. The Hall–Kier alpha value is -3.07. The Morgan fingerprint density at radius 1 is 1.33 bits per heavy atom. The molecule has 1 amide bonds. The molecule has 1 aromatic carbocycles. The number of carboxylic acid groups (broad SMARTS) is 1. The van der Waals surface area contributed by atoms with Crippen LogP contribution in [-0.4, -0.2) is 26.8 Å². The van der Waals surface area contributed by atoms with Crippen LogP contribution in [0.1, 0.15) is 17.2 Å². The van der Waals surface area contributed by atoms with Crippen LogP contribution >= 0.6 is 0 Å². The van der Waals surface area contributed by atoms with Crippen molar-refractivity contribution in [1.29, 1.82) is 0 Å². The van der Waals surface area contributed by atoms with Crippen molar-refractivity contribution < 1.29 is 14.7 Å². The highest BCUT2D eigenvalue weighted by Gasteiger charge is 2.22. The first-order valence-corrected chi connectivity index (χ1v) is 6.15. The summed E-state index contributed by atoms with van der Waals surface area (Å²) in [4.78, 5) is 23.0. The maximum absolute atomic E-state index is 11.7. The molecule has 2 N–H and O–H groups in total. The fourth-order valence-electron chi connectivity index (χ4n) is 1.69. The largest absolute Gasteiger partial charge is 0.479 e. The van der Waals surface area contributed by atoms with Gasteiger partial charge in [-0.1, -0.05) is 24.1 Å². The Kier molecular flexibility index (Phi) is 4.36. The molecule has 0 radical (unpaired) electrons. The van der Waals surface area contributed by atoms with E-state index in [1.165, 1.54) is 17.1 Å². The smallest absolute Gasteiger partial charge is 0.331 e. The second-order valence-electron chi connectivity index (χ2n) is 4.31. The minimum absolute atomic E-state index is 0.389. The SMILES string of the molecule is Cn1cc(C(NC(=O)C#Cc2ccccc2)C(=O)O)cn1. The van der Waals surface area contributed by atoms with E-state index in [9.17, 15) is 14.7 Å². The van der Waals surface area contributed by atoms with Gasteiger partial charge in [-0.05, 0) is 12.1 Å². The molecule has 0 saturated carbocycles. The molecule has 0 aliphatic carbocycles. The maximum Gasteiger partial charge on any atom is 0.331 e. The van der Waals surface area contributed by atoms with Crippen LogP contribution in [0.4, 0.5) is 0 Å². The number of aliphatic carboxylic acids is 1. The van der Waals surface area contributed by atoms with E-state index < -0.39 is 17.9 Å². The van der Waals surface area contributed by atoms with Crippen molar-refractivity contribution in [1.82, 2.24) is 15.1 Å². The number of carboxylic acids is 1. The molecule has 0 bridgehead atoms. The summed E-state index contributed by atoms with van der Waals surface area (Å²) in [5.41, 5.74) is 1.07. The number of carbonyl (C=O) groups is 2. The van der Waals surface area contributed by atoms with E-state index in [-0.39, 0.29) is 0 Å². The molecule has 6 nitrogen and oxygen atoms in total. The number of hydrogen-bond donors (Lipinski definition) is 2. The summed E-state index contributed by atoms with van der Waals surface area (Å²) < 4.78 is 1.47. The number of aromatic nitrogens is 2. The van der Waals surface area contributed by atoms with E-state index in [0.717, 1.165) is 0 Å². The number of nitrogens with one attached hydrogen (secondary N) is 1. The highest BCUT2D eigenvalue weighted by Crippen LogP contribution is 2.11. The van der Waals surface area contributed by atoms with Crippen molar-refractivity contribution >= 4 is 11.9 Å². The summed E-state index contributed by atoms with van der Waals surface area (Å²) in [6.07, 6.45) is 2.92. The molecule has 2 rings (SSSR count). The van der Waals surface area contributed by atoms with Crippen molar-refractivity contribution in [2.75, 3.05) is 0 Å². The third kappa shape index (κ3) is 3.94. The van der Waals surface area contributed by atoms with Crippen LogP contribution in [0, 0.1) is 11.8 Å². The molecule has 1 unspecified atom stereocenters. The molecule has 0 spiro atoms. The van der Waals surface area contributed by atoms with Crippen molar-refractivity contribution in [2.24, 2.45) is 7.05 Å². The molecular weight excluding hydrogens is 270 g/mol. The van der Waals surface area contributed by atoms with Crippen LogP contribution in [0.5, 0.6) is 0 Å². The highest BCUT2D eigenvalue weighted by molar-refractivity contribution is 5.96. The van der Waals surface area contributed by atoms with Crippen molar-refractivity contribution in [2.45, 2.75) is 6.04 Å². The van der Waals surface area contributed by atoms with Gasteiger partial charge in [-0.25, -0.2) is 4.79 Å². The van der Waals surface area contributed by atoms with Gasteiger partial charge in [-0.3, -0.25) is 9.48 Å². The van der Waals surface area contributed by atoms with Gasteiger partial charge in [0.15, 0.2) is 6.04 Å². The molecule has 2 aromatic rings. The van der Waals surface area contributed by atoms with E-state index in [1.54, 1.807) is 31.3 Å². The van der Waals surface area contributed by atoms with Gasteiger partial charge in [-0.15, -0.1) is 0 Å². The van der Waals surface area contributed by atoms with Gasteiger partial charge in [0, 0.05) is 30.3 Å². The minimum atomic E-state index is -1.17. The van der Waals surface area contributed by atoms with E-state index >= 15 is 0 Å². The van der Waals surface area contributed by atoms with Gasteiger partial charge in [-0.2, -0.15) is 5.10 Å². The highest BCUT2D eigenvalue weighted by atomic mass is 16.4. The van der Waals surface area contributed by atoms with Crippen molar-refractivity contribution in [3.63, 3.8) is 0 Å². The summed E-state index contributed by atoms with van der Waals surface area (Å²) in [6, 6.07) is 7.80. The van der Waals surface area contributed by atoms with Gasteiger partial charge in [0.25, 0.3) is 5.91 Å². The number of aryl methyl sites for hydroxylation is 1. The number of hydrogen-bond acceptors (Lipinski definition) is 3. The molecular formula is C15H13N3O3. The molecule has 1 heterocycles. The predicted octanol–water partition coefficient (Wildman–Crippen LogP) is 0.714. The third-order valence-corrected chi connectivity index (χ3v) is 2.67. The van der Waals surface area contributed by atoms with Gasteiger partial charge in [0.2, 0.25) is 0 Å². The molecule has 0 fully saturated rings. The molecule has 6 heteroatoms. The summed E-state index contributed by atoms with van der Waals surface area (Å²) in [6.45, 7) is 0. The second kappa shape index (κ2) is 6.39. The second-order valence-corrected chi connectivity index (χ2v) is 4.31. The Bertz CT molecular complexity index is 711. The molecule has 0 saturated heterocycles. The summed E-state index contributed by atoms with van der Waals surface area (Å²) in [7, 11) is 1.67. The minimum Gasteiger partial charge on any atom is -0.479 e. The summed E-state index contributed by atoms with van der Waals surface area (Å²) in [5, 5.41) is 15.4. The van der Waals surface area contributed by atoms with Crippen LogP contribution in [0.15, 0.2) is 42.7 Å². The van der Waals surface area contributed by atoms with Crippen LogP contribution in [-0.2, 0) is 16.6 Å². The van der Waals surface area contributed by atoms with E-state index in [2.05, 4.69) is 22.3 Å². The quantitative estimate of drug-likeness (QED) is 0.813. The first kappa shape index (κ1) is 14.3. The Labute approximate surface area is 121 Å². The average Bonchev–Trinajstić information content (AvgIpc) is 2.89. The number of amides is 1. The zero-order valence-electron chi connectivity index (χ0n) is 11.3. The lowest BCUT2D eigenvalue weighted by molar-refractivity contribution is -0.141. The Morgan fingerprint density at radius 3 is 2.62 bits per heavy atom. The molecule has 0 aliphatic heterocycles. The first-order chi connectivity index (χ1) is 10.1. The molecule has 0 aliphatic rings. The number of rotatable bonds is 3. The molecule has 1 aromatic heterocycles. The fourth-order valence-corrected chi connectivity index (χ4v) is 1.69. The van der Waals surface area contributed by atoms with Gasteiger partial charge in [0.1, 0.15) is 0 Å². The lowest BCUT2D eigenvalue weighted by Gasteiger charge is -2.09. The van der Waals surface area contributed by atoms with Crippen molar-refractivity contribution in [3.8, 4) is 11.8 Å². The predicted molar refractivity (Wildman–Crippen MR) is 75.0 cm³/mol. The monoisotopic (exact) mass is 283 g/mol. The van der Waals surface area contributed by atoms with Crippen molar-refractivity contribution in [3.05, 3.63) is 53.9 Å². The van der Waals surface area contributed by atoms with E-state index in [0.29, 0.717) is 11.1 Å². The van der Waals surface area contributed by atoms with Crippen LogP contribution < -0.4 is 5.32 Å². The average molecular weight is 283 g/mol. The zero-order valence-corrected chi connectivity index (χ0v) is 11.3. The lowest BCUT2D eigenvalue weighted by Crippen LogP contribution is -2.32. The van der Waals surface area contributed by atoms with Gasteiger partial charge >= 0.3 is 5.97 Å². The summed E-state index contributed by atoms with van der Waals surface area (Å²) in [5.74, 6) is 3.21. The standard InChI is InChI=1S/C15H13N3O3/c1-18-10-12(9-16-18)14(15(20)21)17-13(19)8-7-11-5-3-2-4-6-11/h2-6,9-10,14H,1H3,(H,17,19)(H,20,21). The molecule has 1 atom stereocenters. The normalized spacial score (nSPS) is 11.1. The lowest BCUT2D eigenvalue weighted by atomic mass is 10.1. The van der Waals surface area contributed by atoms with E-state index in [4.69, 9.17) is 0 Å². The third-order valence-electron chi connectivity index (χ3n) is 2.67. The van der Waals surface area contributed by atoms with Gasteiger partial charge in [0.05, 0.1) is 6.20 Å². The molecule has 106 valence electrons. The number of benzene rings is 1. The topological polar surface area (TPSA) is 84.2 Å². The zero-order chi connectivity index (χ0) is 15.2. The first-order valence-electron chi connectivity index (χ1n) is 6.15. The van der Waals surface area contributed by atoms with E-state index in [1.807, 2.05) is 6.07 Å². The number of nitrogens with zero attached hydrogens (tertiary/aromatic N) is 2. The van der Waals surface area contributed by atoms with Crippen LogP contribution in [0.3, 0.4) is 0 Å². The van der Waals surface area contributed by atoms with Crippen LogP contribution in [0.2, 0.25) is 0 Å². The Morgan fingerprint density at radius 2 is 2.05 bits per heavy atom. The summed E-state index contributed by atoms with van der Waals surface area (Å²) >= 11 is 0. The fraction of sp³-hybridized carbons (Fsp3) is 0.133. The maximum atomic E-state index is 11.7. The Balaban J connectivity index is 2.10. The van der Waals surface area contributed by atoms with Crippen LogP contribution in [0.25, 0.3) is 0 Å².